The maximum atomic E-state index is 11.9. The van der Waals surface area contributed by atoms with Gasteiger partial charge < -0.3 is 19.9 Å². The van der Waals surface area contributed by atoms with Crippen LogP contribution in [0.3, 0.4) is 0 Å². The minimum absolute atomic E-state index is 0.285. The molecule has 5 heteroatoms. The van der Waals surface area contributed by atoms with Crippen molar-refractivity contribution in [3.8, 4) is 0 Å². The number of aromatic amines is 1. The zero-order valence-electron chi connectivity index (χ0n) is 14.2. The van der Waals surface area contributed by atoms with Crippen LogP contribution in [0.4, 0.5) is 5.69 Å². The third-order valence-electron chi connectivity index (χ3n) is 5.04. The number of rotatable bonds is 5. The number of esters is 1. The zero-order chi connectivity index (χ0) is 16.5. The van der Waals surface area contributed by atoms with E-state index in [1.54, 1.807) is 0 Å². The van der Waals surface area contributed by atoms with Crippen LogP contribution in [0, 0.1) is 0 Å². The maximum Gasteiger partial charge on any atom is 0.354 e. The summed E-state index contributed by atoms with van der Waals surface area (Å²) in [6, 6.07) is 9.71. The third kappa shape index (κ3) is 3.00. The molecule has 0 radical (unpaired) electrons. The predicted molar refractivity (Wildman–Crippen MR) is 95.6 cm³/mol. The number of hydrogen-bond acceptors (Lipinski definition) is 4. The molecule has 0 atom stereocenters. The second-order valence-corrected chi connectivity index (χ2v) is 6.79. The van der Waals surface area contributed by atoms with Crippen molar-refractivity contribution in [2.24, 2.45) is 0 Å². The molecule has 0 spiro atoms. The SMILES string of the molecule is CCOC(=O)c1cc2cc(N(C3CCNCC3)C3CC3)ccc2[nH]1. The number of ether oxygens (including phenoxy) is 1. The van der Waals surface area contributed by atoms with Crippen molar-refractivity contribution < 1.29 is 9.53 Å². The largest absolute Gasteiger partial charge is 0.461 e. The Morgan fingerprint density at radius 3 is 2.62 bits per heavy atom. The van der Waals surface area contributed by atoms with Crippen LogP contribution in [0.2, 0.25) is 0 Å². The number of nitrogens with zero attached hydrogens (tertiary/aromatic N) is 1. The van der Waals surface area contributed by atoms with Crippen LogP contribution in [-0.2, 0) is 4.74 Å². The number of aromatic nitrogens is 1. The Hall–Kier alpha value is -2.01. The predicted octanol–water partition coefficient (Wildman–Crippen LogP) is 3.07. The summed E-state index contributed by atoms with van der Waals surface area (Å²) in [5.41, 5.74) is 2.80. The van der Waals surface area contributed by atoms with Gasteiger partial charge in [0.25, 0.3) is 0 Å². The molecule has 5 nitrogen and oxygen atoms in total. The van der Waals surface area contributed by atoms with E-state index in [2.05, 4.69) is 33.4 Å². The van der Waals surface area contributed by atoms with Gasteiger partial charge in [0.2, 0.25) is 0 Å². The van der Waals surface area contributed by atoms with Gasteiger partial charge in [-0.3, -0.25) is 0 Å². The van der Waals surface area contributed by atoms with Gasteiger partial charge in [0.1, 0.15) is 5.69 Å². The Morgan fingerprint density at radius 2 is 1.92 bits per heavy atom. The number of carbonyl (C=O) groups excluding carboxylic acids is 1. The lowest BCUT2D eigenvalue weighted by Gasteiger charge is -2.36. The number of fused-ring (bicyclic) bond motifs is 1. The summed E-state index contributed by atoms with van der Waals surface area (Å²) >= 11 is 0. The van der Waals surface area contributed by atoms with Gasteiger partial charge in [0.15, 0.2) is 0 Å². The van der Waals surface area contributed by atoms with Crippen molar-refractivity contribution in [3.05, 3.63) is 30.0 Å². The molecular formula is C19H25N3O2. The standard InChI is InChI=1S/C19H25N3O2/c1-2-24-19(23)18-12-13-11-16(5-6-17(13)21-18)22(14-3-4-14)15-7-9-20-10-8-15/h5-6,11-12,14-15,20-21H,2-4,7-10H2,1H3. The molecule has 128 valence electrons. The minimum atomic E-state index is -0.285. The average Bonchev–Trinajstić information content (AvgIpc) is 3.33. The molecule has 0 amide bonds. The molecule has 0 bridgehead atoms. The van der Waals surface area contributed by atoms with Crippen molar-refractivity contribution in [2.45, 2.75) is 44.7 Å². The fourth-order valence-electron chi connectivity index (χ4n) is 3.76. The van der Waals surface area contributed by atoms with E-state index in [1.165, 1.54) is 31.4 Å². The quantitative estimate of drug-likeness (QED) is 0.829. The summed E-state index contributed by atoms with van der Waals surface area (Å²) < 4.78 is 5.09. The summed E-state index contributed by atoms with van der Waals surface area (Å²) in [4.78, 5) is 17.7. The van der Waals surface area contributed by atoms with Crippen LogP contribution < -0.4 is 10.2 Å². The second-order valence-electron chi connectivity index (χ2n) is 6.79. The van der Waals surface area contributed by atoms with E-state index in [0.29, 0.717) is 24.4 Å². The molecule has 24 heavy (non-hydrogen) atoms. The summed E-state index contributed by atoms with van der Waals surface area (Å²) in [5.74, 6) is -0.285. The highest BCUT2D eigenvalue weighted by Crippen LogP contribution is 2.36. The molecule has 1 aliphatic heterocycles. The van der Waals surface area contributed by atoms with Crippen molar-refractivity contribution in [3.63, 3.8) is 0 Å². The molecule has 2 fully saturated rings. The van der Waals surface area contributed by atoms with Gasteiger partial charge in [-0.15, -0.1) is 0 Å². The minimum Gasteiger partial charge on any atom is -0.461 e. The Kier molecular flexibility index (Phi) is 4.19. The van der Waals surface area contributed by atoms with Crippen LogP contribution in [0.5, 0.6) is 0 Å². The number of piperidine rings is 1. The normalized spacial score (nSPS) is 18.7. The molecule has 0 unspecified atom stereocenters. The van der Waals surface area contributed by atoms with Gasteiger partial charge in [-0.25, -0.2) is 4.79 Å². The highest BCUT2D eigenvalue weighted by molar-refractivity contribution is 5.95. The van der Waals surface area contributed by atoms with E-state index in [4.69, 9.17) is 4.74 Å². The van der Waals surface area contributed by atoms with Crippen LogP contribution in [0.1, 0.15) is 43.1 Å². The molecule has 1 aliphatic carbocycles. The Bertz CT molecular complexity index is 729. The Morgan fingerprint density at radius 1 is 1.17 bits per heavy atom. The number of H-pyrrole nitrogens is 1. The molecule has 1 saturated carbocycles. The van der Waals surface area contributed by atoms with Gasteiger partial charge in [-0.1, -0.05) is 0 Å². The number of benzene rings is 1. The maximum absolute atomic E-state index is 11.9. The molecule has 2 aromatic rings. The van der Waals surface area contributed by atoms with Crippen LogP contribution in [0.15, 0.2) is 24.3 Å². The number of hydrogen-bond donors (Lipinski definition) is 2. The van der Waals surface area contributed by atoms with Crippen LogP contribution in [0.25, 0.3) is 10.9 Å². The second kappa shape index (κ2) is 6.48. The highest BCUT2D eigenvalue weighted by Gasteiger charge is 2.34. The lowest BCUT2D eigenvalue weighted by molar-refractivity contribution is 0.0520. The van der Waals surface area contributed by atoms with Crippen molar-refractivity contribution in [1.82, 2.24) is 10.3 Å². The summed E-state index contributed by atoms with van der Waals surface area (Å²) in [5, 5.41) is 4.53. The van der Waals surface area contributed by atoms with Gasteiger partial charge in [0.05, 0.1) is 6.61 Å². The zero-order valence-corrected chi connectivity index (χ0v) is 14.2. The van der Waals surface area contributed by atoms with E-state index >= 15 is 0 Å². The average molecular weight is 327 g/mol. The van der Waals surface area contributed by atoms with Crippen molar-refractivity contribution in [2.75, 3.05) is 24.6 Å². The van der Waals surface area contributed by atoms with Gasteiger partial charge >= 0.3 is 5.97 Å². The third-order valence-corrected chi connectivity index (χ3v) is 5.04. The van der Waals surface area contributed by atoms with Crippen LogP contribution >= 0.6 is 0 Å². The molecular weight excluding hydrogens is 302 g/mol. The number of nitrogens with one attached hydrogen (secondary N) is 2. The first-order chi connectivity index (χ1) is 11.8. The number of anilines is 1. The lowest BCUT2D eigenvalue weighted by Crippen LogP contribution is -2.44. The molecule has 2 N–H and O–H groups in total. The number of carbonyl (C=O) groups is 1. The Labute approximate surface area is 142 Å². The summed E-state index contributed by atoms with van der Waals surface area (Å²) in [7, 11) is 0. The highest BCUT2D eigenvalue weighted by atomic mass is 16.5. The van der Waals surface area contributed by atoms with Crippen molar-refractivity contribution >= 4 is 22.6 Å². The summed E-state index contributed by atoms with van der Waals surface area (Å²) in [6.45, 7) is 4.43. The van der Waals surface area contributed by atoms with Gasteiger partial charge in [-0.2, -0.15) is 0 Å². The van der Waals surface area contributed by atoms with E-state index in [-0.39, 0.29) is 5.97 Å². The van der Waals surface area contributed by atoms with E-state index in [0.717, 1.165) is 24.0 Å². The molecule has 1 aromatic carbocycles. The Balaban J connectivity index is 1.64. The molecule has 1 aromatic heterocycles. The first-order valence-corrected chi connectivity index (χ1v) is 9.05. The van der Waals surface area contributed by atoms with Gasteiger partial charge in [0, 0.05) is 28.7 Å². The summed E-state index contributed by atoms with van der Waals surface area (Å²) in [6.07, 6.45) is 5.00. The monoisotopic (exact) mass is 327 g/mol. The first-order valence-electron chi connectivity index (χ1n) is 9.05. The van der Waals surface area contributed by atoms with Crippen LogP contribution in [-0.4, -0.2) is 42.7 Å². The van der Waals surface area contributed by atoms with E-state index in [9.17, 15) is 4.79 Å². The fourth-order valence-corrected chi connectivity index (χ4v) is 3.76. The van der Waals surface area contributed by atoms with Crippen molar-refractivity contribution in [1.29, 1.82) is 0 Å². The van der Waals surface area contributed by atoms with E-state index in [1.807, 2.05) is 13.0 Å². The molecule has 2 aliphatic rings. The molecule has 2 heterocycles. The molecule has 4 rings (SSSR count). The fraction of sp³-hybridized carbons (Fsp3) is 0.526. The smallest absolute Gasteiger partial charge is 0.354 e. The topological polar surface area (TPSA) is 57.4 Å². The van der Waals surface area contributed by atoms with E-state index < -0.39 is 0 Å². The molecule has 1 saturated heterocycles. The lowest BCUT2D eigenvalue weighted by atomic mass is 10.0. The van der Waals surface area contributed by atoms with Gasteiger partial charge in [-0.05, 0) is 70.0 Å². The first kappa shape index (κ1) is 15.5.